The van der Waals surface area contributed by atoms with E-state index in [0.717, 1.165) is 6.08 Å². The molecule has 0 saturated heterocycles. The summed E-state index contributed by atoms with van der Waals surface area (Å²) >= 11 is 0. The monoisotopic (exact) mass is 294 g/mol. The van der Waals surface area contributed by atoms with Gasteiger partial charge in [-0.1, -0.05) is 6.58 Å². The number of rotatable bonds is 6. The summed E-state index contributed by atoms with van der Waals surface area (Å²) in [6, 6.07) is 5.73. The van der Waals surface area contributed by atoms with Crippen LogP contribution >= 0.6 is 0 Å². The van der Waals surface area contributed by atoms with Crippen molar-refractivity contribution in [3.8, 4) is 5.75 Å². The molecule has 0 aliphatic rings. The van der Waals surface area contributed by atoms with Gasteiger partial charge in [0, 0.05) is 6.08 Å². The lowest BCUT2D eigenvalue weighted by atomic mass is 10.2. The van der Waals surface area contributed by atoms with Gasteiger partial charge in [0.15, 0.2) is 0 Å². The highest BCUT2D eigenvalue weighted by Gasteiger charge is 2.09. The Labute approximate surface area is 121 Å². The number of carbonyl (C=O) groups is 3. The number of methoxy groups -OCH3 is 1. The van der Waals surface area contributed by atoms with E-state index < -0.39 is 18.1 Å². The summed E-state index contributed by atoms with van der Waals surface area (Å²) in [6.07, 6.45) is 0.0525. The fraction of sp³-hybridized carbons (Fsp3) is 0.214. The van der Waals surface area contributed by atoms with Crippen molar-refractivity contribution in [2.75, 3.05) is 20.3 Å². The molecule has 0 bridgehead atoms. The molecule has 0 aliphatic heterocycles. The van der Waals surface area contributed by atoms with Gasteiger partial charge in [-0.05, 0) is 24.3 Å². The molecular formula is C14H14O7. The van der Waals surface area contributed by atoms with Crippen molar-refractivity contribution in [2.24, 2.45) is 0 Å². The topological polar surface area (TPSA) is 88.1 Å². The molecule has 0 radical (unpaired) electrons. The lowest BCUT2D eigenvalue weighted by molar-refractivity contribution is -0.138. The molecule has 0 amide bonds. The molecule has 0 saturated carbocycles. The van der Waals surface area contributed by atoms with Gasteiger partial charge in [0.2, 0.25) is 0 Å². The number of carbonyl (C=O) groups excluding carboxylic acids is 3. The van der Waals surface area contributed by atoms with Crippen LogP contribution in [-0.2, 0) is 19.0 Å². The normalized spacial score (nSPS) is 9.38. The first kappa shape index (κ1) is 16.2. The minimum atomic E-state index is -0.949. The van der Waals surface area contributed by atoms with Crippen molar-refractivity contribution < 1.29 is 33.3 Å². The van der Waals surface area contributed by atoms with Crippen LogP contribution < -0.4 is 4.74 Å². The second kappa shape index (κ2) is 8.36. The number of esters is 2. The molecule has 0 aromatic heterocycles. The molecule has 0 fully saturated rings. The molecule has 0 N–H and O–H groups in total. The highest BCUT2D eigenvalue weighted by Crippen LogP contribution is 2.13. The van der Waals surface area contributed by atoms with Crippen molar-refractivity contribution in [3.05, 3.63) is 42.5 Å². The first-order valence-electron chi connectivity index (χ1n) is 5.89. The van der Waals surface area contributed by atoms with E-state index in [2.05, 4.69) is 20.8 Å². The molecule has 0 heterocycles. The zero-order valence-electron chi connectivity index (χ0n) is 11.4. The van der Waals surface area contributed by atoms with Crippen LogP contribution in [0.25, 0.3) is 0 Å². The van der Waals surface area contributed by atoms with Gasteiger partial charge in [-0.3, -0.25) is 0 Å². The maximum absolute atomic E-state index is 11.3. The van der Waals surface area contributed by atoms with Crippen LogP contribution in [0.15, 0.2) is 36.9 Å². The van der Waals surface area contributed by atoms with E-state index >= 15 is 0 Å². The molecular weight excluding hydrogens is 280 g/mol. The maximum Gasteiger partial charge on any atom is 0.513 e. The summed E-state index contributed by atoms with van der Waals surface area (Å²) in [5.74, 6) is -0.894. The molecule has 7 nitrogen and oxygen atoms in total. The molecule has 112 valence electrons. The highest BCUT2D eigenvalue weighted by atomic mass is 16.7. The van der Waals surface area contributed by atoms with E-state index in [1.165, 1.54) is 31.4 Å². The average molecular weight is 294 g/mol. The van der Waals surface area contributed by atoms with E-state index in [9.17, 15) is 14.4 Å². The number of hydrogen-bond donors (Lipinski definition) is 0. The fourth-order valence-corrected chi connectivity index (χ4v) is 1.23. The Balaban J connectivity index is 2.36. The van der Waals surface area contributed by atoms with Crippen LogP contribution in [0.5, 0.6) is 5.75 Å². The first-order chi connectivity index (χ1) is 10.1. The van der Waals surface area contributed by atoms with Crippen molar-refractivity contribution in [2.45, 2.75) is 0 Å². The van der Waals surface area contributed by atoms with Gasteiger partial charge in [-0.15, -0.1) is 0 Å². The van der Waals surface area contributed by atoms with E-state index in [-0.39, 0.29) is 19.0 Å². The first-order valence-corrected chi connectivity index (χ1v) is 5.89. The van der Waals surface area contributed by atoms with Crippen LogP contribution in [-0.4, -0.2) is 38.4 Å². The Morgan fingerprint density at radius 2 is 1.71 bits per heavy atom. The van der Waals surface area contributed by atoms with Crippen molar-refractivity contribution in [1.82, 2.24) is 0 Å². The molecule has 21 heavy (non-hydrogen) atoms. The van der Waals surface area contributed by atoms with Gasteiger partial charge < -0.3 is 18.9 Å². The van der Waals surface area contributed by atoms with Crippen molar-refractivity contribution in [3.63, 3.8) is 0 Å². The van der Waals surface area contributed by atoms with Crippen LogP contribution in [0.1, 0.15) is 10.4 Å². The third kappa shape index (κ3) is 5.77. The highest BCUT2D eigenvalue weighted by molar-refractivity contribution is 5.89. The van der Waals surface area contributed by atoms with Crippen molar-refractivity contribution >= 4 is 18.1 Å². The van der Waals surface area contributed by atoms with E-state index in [4.69, 9.17) is 4.74 Å². The minimum absolute atomic E-state index is 0.0960. The Morgan fingerprint density at radius 1 is 1.10 bits per heavy atom. The summed E-state index contributed by atoms with van der Waals surface area (Å²) < 4.78 is 18.7. The van der Waals surface area contributed by atoms with Crippen molar-refractivity contribution in [1.29, 1.82) is 0 Å². The molecule has 1 aromatic rings. The standard InChI is InChI=1S/C14H14O7/c1-3-12(15)19-8-9-20-14(17)21-11-6-4-10(5-7-11)13(16)18-2/h3-7H,1,8-9H2,2H3. The van der Waals surface area contributed by atoms with Gasteiger partial charge in [0.1, 0.15) is 19.0 Å². The second-order valence-electron chi connectivity index (χ2n) is 3.59. The summed E-state index contributed by atoms with van der Waals surface area (Å²) in [5.41, 5.74) is 0.328. The number of hydrogen-bond acceptors (Lipinski definition) is 7. The molecule has 0 aliphatic carbocycles. The lowest BCUT2D eigenvalue weighted by Gasteiger charge is -2.06. The smallest absolute Gasteiger partial charge is 0.465 e. The molecule has 7 heteroatoms. The summed E-state index contributed by atoms with van der Waals surface area (Å²) in [4.78, 5) is 33.2. The zero-order chi connectivity index (χ0) is 15.7. The van der Waals surface area contributed by atoms with Gasteiger partial charge in [-0.25, -0.2) is 14.4 Å². The van der Waals surface area contributed by atoms with E-state index in [1.807, 2.05) is 0 Å². The average Bonchev–Trinajstić information content (AvgIpc) is 2.51. The molecule has 0 atom stereocenters. The van der Waals surface area contributed by atoms with E-state index in [0.29, 0.717) is 5.56 Å². The lowest BCUT2D eigenvalue weighted by Crippen LogP contribution is -2.15. The number of ether oxygens (including phenoxy) is 4. The summed E-state index contributed by atoms with van der Waals surface area (Å²) in [5, 5.41) is 0. The predicted octanol–water partition coefficient (Wildman–Crippen LogP) is 1.72. The third-order valence-electron chi connectivity index (χ3n) is 2.19. The number of benzene rings is 1. The molecule has 1 rings (SSSR count). The Kier molecular flexibility index (Phi) is 6.46. The molecule has 1 aromatic carbocycles. The van der Waals surface area contributed by atoms with Crippen LogP contribution in [0.3, 0.4) is 0 Å². The fourth-order valence-electron chi connectivity index (χ4n) is 1.23. The SMILES string of the molecule is C=CC(=O)OCCOC(=O)Oc1ccc(C(=O)OC)cc1. The van der Waals surface area contributed by atoms with Gasteiger partial charge in [0.25, 0.3) is 0 Å². The molecule has 0 unspecified atom stereocenters. The van der Waals surface area contributed by atoms with Gasteiger partial charge >= 0.3 is 18.1 Å². The Hall–Kier alpha value is -2.83. The maximum atomic E-state index is 11.3. The Morgan fingerprint density at radius 3 is 2.29 bits per heavy atom. The second-order valence-corrected chi connectivity index (χ2v) is 3.59. The minimum Gasteiger partial charge on any atom is -0.465 e. The van der Waals surface area contributed by atoms with Crippen LogP contribution in [0.2, 0.25) is 0 Å². The quantitative estimate of drug-likeness (QED) is 0.259. The predicted molar refractivity (Wildman–Crippen MR) is 70.9 cm³/mol. The van der Waals surface area contributed by atoms with E-state index in [1.54, 1.807) is 0 Å². The van der Waals surface area contributed by atoms with Gasteiger partial charge in [-0.2, -0.15) is 0 Å². The Bertz CT molecular complexity index is 519. The van der Waals surface area contributed by atoms with Crippen LogP contribution in [0.4, 0.5) is 4.79 Å². The third-order valence-corrected chi connectivity index (χ3v) is 2.19. The largest absolute Gasteiger partial charge is 0.513 e. The molecule has 0 spiro atoms. The van der Waals surface area contributed by atoms with Crippen LogP contribution in [0, 0.1) is 0 Å². The summed E-state index contributed by atoms with van der Waals surface area (Å²) in [6.45, 7) is 2.98. The van der Waals surface area contributed by atoms with Gasteiger partial charge in [0.05, 0.1) is 12.7 Å². The summed E-state index contributed by atoms with van der Waals surface area (Å²) in [7, 11) is 1.27. The zero-order valence-corrected chi connectivity index (χ0v) is 11.4.